The minimum absolute atomic E-state index is 0.232. The van der Waals surface area contributed by atoms with Crippen LogP contribution in [0, 0.1) is 11.8 Å². The molecule has 1 rings (SSSR count). The molecular formula is C8H10I2. The first-order valence-electron chi connectivity index (χ1n) is 3.59. The van der Waals surface area contributed by atoms with Crippen molar-refractivity contribution in [1.82, 2.24) is 0 Å². The zero-order valence-electron chi connectivity index (χ0n) is 5.79. The number of alkyl halides is 2. The normalized spacial score (nSPS) is 23.8. The maximum Gasteiger partial charge on any atom is 0.133 e. The van der Waals surface area contributed by atoms with E-state index in [0.717, 1.165) is 6.42 Å². The molecule has 0 aliphatic heterocycles. The molecule has 1 aliphatic rings. The van der Waals surface area contributed by atoms with Crippen LogP contribution in [0.1, 0.15) is 32.1 Å². The van der Waals surface area contributed by atoms with Crippen molar-refractivity contribution in [3.8, 4) is 11.8 Å². The summed E-state index contributed by atoms with van der Waals surface area (Å²) in [6.45, 7) is 0. The van der Waals surface area contributed by atoms with Crippen molar-refractivity contribution in [1.29, 1.82) is 0 Å². The van der Waals surface area contributed by atoms with Crippen LogP contribution in [-0.2, 0) is 0 Å². The van der Waals surface area contributed by atoms with Crippen molar-refractivity contribution in [2.24, 2.45) is 0 Å². The van der Waals surface area contributed by atoms with E-state index in [0.29, 0.717) is 0 Å². The van der Waals surface area contributed by atoms with E-state index in [1.165, 1.54) is 25.7 Å². The summed E-state index contributed by atoms with van der Waals surface area (Å²) in [4.78, 5) is 0. The minimum atomic E-state index is 0.232. The number of hydrogen-bond acceptors (Lipinski definition) is 0. The third-order valence-corrected chi connectivity index (χ3v) is 3.18. The fourth-order valence-electron chi connectivity index (χ4n) is 0.991. The molecule has 0 aromatic rings. The highest BCUT2D eigenvalue weighted by atomic mass is 127. The van der Waals surface area contributed by atoms with Gasteiger partial charge in [0, 0.05) is 6.42 Å². The Morgan fingerprint density at radius 3 is 2.70 bits per heavy atom. The SMILES string of the molecule is IC1(I)C#CCCCCC1. The fourth-order valence-corrected chi connectivity index (χ4v) is 2.14. The van der Waals surface area contributed by atoms with Gasteiger partial charge in [-0.05, 0) is 12.8 Å². The zero-order valence-corrected chi connectivity index (χ0v) is 10.1. The highest BCUT2D eigenvalue weighted by Gasteiger charge is 2.18. The van der Waals surface area contributed by atoms with E-state index < -0.39 is 0 Å². The van der Waals surface area contributed by atoms with Gasteiger partial charge < -0.3 is 0 Å². The largest absolute Gasteiger partial charge is 0.133 e. The highest BCUT2D eigenvalue weighted by Crippen LogP contribution is 2.33. The quantitative estimate of drug-likeness (QED) is 0.352. The van der Waals surface area contributed by atoms with E-state index in [1.54, 1.807) is 0 Å². The first-order chi connectivity index (χ1) is 4.71. The molecule has 10 heavy (non-hydrogen) atoms. The topological polar surface area (TPSA) is 0 Å². The summed E-state index contributed by atoms with van der Waals surface area (Å²) in [5.41, 5.74) is 0. The standard InChI is InChI=1S/C8H10I2/c9-8(10)6-4-2-1-3-5-7-8/h1-4,6H2. The van der Waals surface area contributed by atoms with E-state index >= 15 is 0 Å². The molecule has 0 radical (unpaired) electrons. The van der Waals surface area contributed by atoms with Crippen molar-refractivity contribution in [2.45, 2.75) is 33.5 Å². The zero-order chi connectivity index (χ0) is 7.45. The Morgan fingerprint density at radius 1 is 1.10 bits per heavy atom. The average Bonchev–Trinajstić information content (AvgIpc) is 1.81. The molecule has 56 valence electrons. The van der Waals surface area contributed by atoms with Gasteiger partial charge in [0.2, 0.25) is 0 Å². The van der Waals surface area contributed by atoms with Gasteiger partial charge in [-0.3, -0.25) is 0 Å². The molecule has 0 amide bonds. The Labute approximate surface area is 89.8 Å². The second kappa shape index (κ2) is 4.15. The van der Waals surface area contributed by atoms with Gasteiger partial charge in [0.25, 0.3) is 0 Å². The molecule has 0 saturated heterocycles. The molecule has 0 heterocycles. The lowest BCUT2D eigenvalue weighted by atomic mass is 10.1. The molecule has 0 atom stereocenters. The lowest BCUT2D eigenvalue weighted by Crippen LogP contribution is -2.07. The first-order valence-corrected chi connectivity index (χ1v) is 5.74. The first kappa shape index (κ1) is 9.11. The van der Waals surface area contributed by atoms with E-state index in [4.69, 9.17) is 0 Å². The maximum atomic E-state index is 3.28. The van der Waals surface area contributed by atoms with Crippen LogP contribution in [0.5, 0.6) is 0 Å². The van der Waals surface area contributed by atoms with Gasteiger partial charge in [0.1, 0.15) is 1.43 Å². The van der Waals surface area contributed by atoms with Crippen LogP contribution in [0.15, 0.2) is 0 Å². The van der Waals surface area contributed by atoms with Crippen LogP contribution in [0.3, 0.4) is 0 Å². The molecule has 0 bridgehead atoms. The van der Waals surface area contributed by atoms with Crippen LogP contribution in [0.2, 0.25) is 0 Å². The molecule has 0 unspecified atom stereocenters. The Kier molecular flexibility index (Phi) is 3.78. The lowest BCUT2D eigenvalue weighted by molar-refractivity contribution is 0.658. The van der Waals surface area contributed by atoms with Gasteiger partial charge in [-0.15, -0.1) is 5.92 Å². The van der Waals surface area contributed by atoms with Gasteiger partial charge in [0.15, 0.2) is 0 Å². The summed E-state index contributed by atoms with van der Waals surface area (Å²) in [6.07, 6.45) is 6.37. The van der Waals surface area contributed by atoms with Crippen molar-refractivity contribution >= 4 is 45.2 Å². The molecular weight excluding hydrogens is 350 g/mol. The third-order valence-electron chi connectivity index (χ3n) is 1.56. The van der Waals surface area contributed by atoms with Crippen molar-refractivity contribution in [3.05, 3.63) is 0 Å². The lowest BCUT2D eigenvalue weighted by Gasteiger charge is -2.14. The predicted molar refractivity (Wildman–Crippen MR) is 61.6 cm³/mol. The Balaban J connectivity index is 2.56. The maximum absolute atomic E-state index is 3.28. The fraction of sp³-hybridized carbons (Fsp3) is 0.750. The summed E-state index contributed by atoms with van der Waals surface area (Å²) in [5.74, 6) is 6.50. The van der Waals surface area contributed by atoms with Crippen LogP contribution in [-0.4, -0.2) is 1.43 Å². The summed E-state index contributed by atoms with van der Waals surface area (Å²) in [7, 11) is 0. The summed E-state index contributed by atoms with van der Waals surface area (Å²) < 4.78 is 0.232. The van der Waals surface area contributed by atoms with Gasteiger partial charge in [-0.1, -0.05) is 63.9 Å². The Bertz CT molecular complexity index is 162. The number of hydrogen-bond donors (Lipinski definition) is 0. The van der Waals surface area contributed by atoms with Crippen LogP contribution >= 0.6 is 45.2 Å². The van der Waals surface area contributed by atoms with E-state index in [-0.39, 0.29) is 1.43 Å². The molecule has 1 aliphatic carbocycles. The van der Waals surface area contributed by atoms with Crippen molar-refractivity contribution in [3.63, 3.8) is 0 Å². The third kappa shape index (κ3) is 3.42. The molecule has 0 spiro atoms. The summed E-state index contributed by atoms with van der Waals surface area (Å²) in [5, 5.41) is 0. The molecule has 0 saturated carbocycles. The minimum Gasteiger partial charge on any atom is -0.101 e. The molecule has 0 aromatic heterocycles. The second-order valence-corrected chi connectivity index (χ2v) is 8.31. The van der Waals surface area contributed by atoms with Gasteiger partial charge in [-0.25, -0.2) is 0 Å². The number of halogens is 2. The van der Waals surface area contributed by atoms with Crippen molar-refractivity contribution < 1.29 is 0 Å². The Morgan fingerprint density at radius 2 is 1.90 bits per heavy atom. The average molecular weight is 360 g/mol. The summed E-state index contributed by atoms with van der Waals surface area (Å²) in [6, 6.07) is 0. The van der Waals surface area contributed by atoms with E-state index in [9.17, 15) is 0 Å². The van der Waals surface area contributed by atoms with Crippen LogP contribution in [0.25, 0.3) is 0 Å². The molecule has 0 N–H and O–H groups in total. The van der Waals surface area contributed by atoms with Gasteiger partial charge in [0.05, 0.1) is 0 Å². The highest BCUT2D eigenvalue weighted by molar-refractivity contribution is 14.2. The molecule has 0 nitrogen and oxygen atoms in total. The predicted octanol–water partition coefficient (Wildman–Crippen LogP) is 3.52. The number of rotatable bonds is 0. The van der Waals surface area contributed by atoms with Crippen molar-refractivity contribution in [2.75, 3.05) is 0 Å². The monoisotopic (exact) mass is 360 g/mol. The second-order valence-electron chi connectivity index (χ2n) is 2.57. The smallest absolute Gasteiger partial charge is 0.101 e. The molecule has 0 aromatic carbocycles. The van der Waals surface area contributed by atoms with Crippen LogP contribution in [0.4, 0.5) is 0 Å². The van der Waals surface area contributed by atoms with Gasteiger partial charge in [-0.2, -0.15) is 0 Å². The molecule has 2 heteroatoms. The van der Waals surface area contributed by atoms with E-state index in [1.807, 2.05) is 0 Å². The van der Waals surface area contributed by atoms with E-state index in [2.05, 4.69) is 57.0 Å². The van der Waals surface area contributed by atoms with Gasteiger partial charge >= 0.3 is 0 Å². The summed E-state index contributed by atoms with van der Waals surface area (Å²) >= 11 is 4.89. The van der Waals surface area contributed by atoms with Crippen LogP contribution < -0.4 is 0 Å². The molecule has 0 fully saturated rings. The Hall–Kier alpha value is 1.02.